The Hall–Kier alpha value is -2.53. The van der Waals surface area contributed by atoms with Crippen LogP contribution in [0.1, 0.15) is 5.69 Å². The number of ether oxygens (including phenoxy) is 1. The van der Waals surface area contributed by atoms with Crippen molar-refractivity contribution >= 4 is 28.3 Å². The Labute approximate surface area is 144 Å². The maximum atomic E-state index is 13.0. The molecule has 2 aromatic heterocycles. The van der Waals surface area contributed by atoms with Gasteiger partial charge in [0.2, 0.25) is 0 Å². The van der Waals surface area contributed by atoms with Gasteiger partial charge in [0, 0.05) is 43.0 Å². The highest BCUT2D eigenvalue weighted by atomic mass is 35.5. The van der Waals surface area contributed by atoms with E-state index in [0.29, 0.717) is 27.2 Å². The maximum absolute atomic E-state index is 13.0. The number of hydrogen-bond acceptors (Lipinski definition) is 4. The smallest absolute Gasteiger partial charge is 0.197 e. The van der Waals surface area contributed by atoms with E-state index in [4.69, 9.17) is 16.3 Å². The molecule has 1 N–H and O–H groups in total. The minimum absolute atomic E-state index is 0.0785. The summed E-state index contributed by atoms with van der Waals surface area (Å²) in [5.41, 5.74) is 2.76. The van der Waals surface area contributed by atoms with Gasteiger partial charge in [-0.15, -0.1) is 0 Å². The van der Waals surface area contributed by atoms with Crippen molar-refractivity contribution in [2.45, 2.75) is 6.92 Å². The molecule has 0 atom stereocenters. The number of methoxy groups -OCH3 is 1. The lowest BCUT2D eigenvalue weighted by Crippen LogP contribution is -2.12. The summed E-state index contributed by atoms with van der Waals surface area (Å²) in [7, 11) is 5.39. The number of aromatic nitrogens is 2. The first kappa shape index (κ1) is 16.3. The van der Waals surface area contributed by atoms with Gasteiger partial charge in [-0.2, -0.15) is 0 Å². The molecule has 0 saturated heterocycles. The lowest BCUT2D eigenvalue weighted by molar-refractivity contribution is 0.415. The number of aromatic amines is 1. The zero-order valence-electron chi connectivity index (χ0n) is 14.0. The largest absolute Gasteiger partial charge is 0.495 e. The van der Waals surface area contributed by atoms with Crippen LogP contribution in [0.25, 0.3) is 22.0 Å². The molecule has 0 aliphatic carbocycles. The molecule has 2 heterocycles. The van der Waals surface area contributed by atoms with Crippen molar-refractivity contribution in [2.24, 2.45) is 0 Å². The average Bonchev–Trinajstić information content (AvgIpc) is 2.55. The van der Waals surface area contributed by atoms with Crippen LogP contribution >= 0.6 is 11.6 Å². The molecule has 0 fully saturated rings. The second-order valence-electron chi connectivity index (χ2n) is 5.79. The first-order valence-electron chi connectivity index (χ1n) is 7.46. The zero-order valence-corrected chi connectivity index (χ0v) is 14.7. The van der Waals surface area contributed by atoms with Crippen molar-refractivity contribution in [3.8, 4) is 16.9 Å². The Morgan fingerprint density at radius 3 is 2.58 bits per heavy atom. The lowest BCUT2D eigenvalue weighted by Gasteiger charge is -2.13. The van der Waals surface area contributed by atoms with Gasteiger partial charge in [0.15, 0.2) is 5.43 Å². The molecule has 124 valence electrons. The van der Waals surface area contributed by atoms with Gasteiger partial charge in [-0.1, -0.05) is 11.6 Å². The molecular formula is C18H18ClN3O2. The third-order valence-corrected chi connectivity index (χ3v) is 4.25. The molecular weight excluding hydrogens is 326 g/mol. The van der Waals surface area contributed by atoms with Crippen LogP contribution in [0.3, 0.4) is 0 Å². The highest BCUT2D eigenvalue weighted by Gasteiger charge is 2.14. The van der Waals surface area contributed by atoms with E-state index in [1.807, 2.05) is 38.1 Å². The normalized spacial score (nSPS) is 10.9. The number of anilines is 1. The summed E-state index contributed by atoms with van der Waals surface area (Å²) in [6.07, 6.45) is 1.71. The van der Waals surface area contributed by atoms with Gasteiger partial charge in [0.05, 0.1) is 23.2 Å². The van der Waals surface area contributed by atoms with Crippen LogP contribution in [0.15, 0.2) is 35.3 Å². The third-order valence-electron chi connectivity index (χ3n) is 3.96. The van der Waals surface area contributed by atoms with Crippen molar-refractivity contribution in [1.82, 2.24) is 9.97 Å². The van der Waals surface area contributed by atoms with Crippen LogP contribution in [-0.4, -0.2) is 31.2 Å². The van der Waals surface area contributed by atoms with Crippen LogP contribution in [0.5, 0.6) is 5.75 Å². The standard InChI is InChI=1S/C18H18ClN3O2/c1-10-17(11-5-6-16(20-9-11)22(2)3)18(23)12-7-13(19)15(24-4)8-14(12)21-10/h5-9H,1-4H3,(H,21,23). The van der Waals surface area contributed by atoms with Gasteiger partial charge in [-0.3, -0.25) is 4.79 Å². The van der Waals surface area contributed by atoms with E-state index >= 15 is 0 Å². The van der Waals surface area contributed by atoms with E-state index in [1.54, 1.807) is 25.4 Å². The second-order valence-corrected chi connectivity index (χ2v) is 6.19. The summed E-state index contributed by atoms with van der Waals surface area (Å²) >= 11 is 6.17. The molecule has 0 bridgehead atoms. The lowest BCUT2D eigenvalue weighted by atomic mass is 10.0. The van der Waals surface area contributed by atoms with Gasteiger partial charge < -0.3 is 14.6 Å². The van der Waals surface area contributed by atoms with E-state index in [-0.39, 0.29) is 5.43 Å². The van der Waals surface area contributed by atoms with E-state index < -0.39 is 0 Å². The third kappa shape index (κ3) is 2.71. The molecule has 0 spiro atoms. The van der Waals surface area contributed by atoms with Crippen molar-refractivity contribution in [2.75, 3.05) is 26.1 Å². The molecule has 3 aromatic rings. The van der Waals surface area contributed by atoms with Crippen molar-refractivity contribution in [1.29, 1.82) is 0 Å². The first-order valence-corrected chi connectivity index (χ1v) is 7.84. The van der Waals surface area contributed by atoms with Crippen LogP contribution in [-0.2, 0) is 0 Å². The summed E-state index contributed by atoms with van der Waals surface area (Å²) in [6.45, 7) is 1.87. The predicted molar refractivity (Wildman–Crippen MR) is 98.4 cm³/mol. The number of halogens is 1. The number of rotatable bonds is 3. The Bertz CT molecular complexity index is 963. The fraction of sp³-hybridized carbons (Fsp3) is 0.222. The fourth-order valence-electron chi connectivity index (χ4n) is 2.72. The molecule has 0 unspecified atom stereocenters. The van der Waals surface area contributed by atoms with Gasteiger partial charge in [0.25, 0.3) is 0 Å². The quantitative estimate of drug-likeness (QED) is 0.789. The van der Waals surface area contributed by atoms with E-state index in [9.17, 15) is 4.79 Å². The topological polar surface area (TPSA) is 58.2 Å². The Morgan fingerprint density at radius 2 is 2.00 bits per heavy atom. The summed E-state index contributed by atoms with van der Waals surface area (Å²) in [5.74, 6) is 1.37. The van der Waals surface area contributed by atoms with Crippen molar-refractivity contribution in [3.63, 3.8) is 0 Å². The van der Waals surface area contributed by atoms with Crippen LogP contribution in [0.4, 0.5) is 5.82 Å². The fourth-order valence-corrected chi connectivity index (χ4v) is 2.96. The molecule has 6 heteroatoms. The molecule has 0 saturated carbocycles. The van der Waals surface area contributed by atoms with Crippen molar-refractivity contribution < 1.29 is 4.74 Å². The SMILES string of the molecule is COc1cc2[nH]c(C)c(-c3ccc(N(C)C)nc3)c(=O)c2cc1Cl. The van der Waals surface area contributed by atoms with E-state index in [2.05, 4.69) is 9.97 Å². The highest BCUT2D eigenvalue weighted by Crippen LogP contribution is 2.30. The van der Waals surface area contributed by atoms with E-state index in [1.165, 1.54) is 0 Å². The number of fused-ring (bicyclic) bond motifs is 1. The van der Waals surface area contributed by atoms with Gasteiger partial charge in [-0.25, -0.2) is 4.98 Å². The number of nitrogens with zero attached hydrogens (tertiary/aromatic N) is 2. The monoisotopic (exact) mass is 343 g/mol. The molecule has 24 heavy (non-hydrogen) atoms. The first-order chi connectivity index (χ1) is 11.4. The molecule has 3 rings (SSSR count). The Balaban J connectivity index is 2.23. The molecule has 1 aromatic carbocycles. The number of H-pyrrole nitrogens is 1. The molecule has 0 aliphatic rings. The van der Waals surface area contributed by atoms with Gasteiger partial charge >= 0.3 is 0 Å². The number of benzene rings is 1. The second kappa shape index (κ2) is 6.17. The number of pyridine rings is 2. The maximum Gasteiger partial charge on any atom is 0.197 e. The van der Waals surface area contributed by atoms with Crippen LogP contribution in [0.2, 0.25) is 5.02 Å². The van der Waals surface area contributed by atoms with Crippen LogP contribution < -0.4 is 15.1 Å². The van der Waals surface area contributed by atoms with Gasteiger partial charge in [0.1, 0.15) is 11.6 Å². The summed E-state index contributed by atoms with van der Waals surface area (Å²) in [6, 6.07) is 7.17. The Kier molecular flexibility index (Phi) is 4.20. The number of aryl methyl sites for hydroxylation is 1. The molecule has 0 amide bonds. The van der Waals surface area contributed by atoms with Gasteiger partial charge in [-0.05, 0) is 25.1 Å². The highest BCUT2D eigenvalue weighted by molar-refractivity contribution is 6.32. The average molecular weight is 344 g/mol. The number of nitrogens with one attached hydrogen (secondary N) is 1. The predicted octanol–water partition coefficient (Wildman–Crippen LogP) is 3.63. The van der Waals surface area contributed by atoms with Crippen LogP contribution in [0, 0.1) is 6.92 Å². The molecule has 0 aliphatic heterocycles. The van der Waals surface area contributed by atoms with E-state index in [0.717, 1.165) is 17.1 Å². The minimum atomic E-state index is -0.0785. The summed E-state index contributed by atoms with van der Waals surface area (Å²) in [5, 5.41) is 0.935. The minimum Gasteiger partial charge on any atom is -0.495 e. The summed E-state index contributed by atoms with van der Waals surface area (Å²) < 4.78 is 5.21. The number of hydrogen-bond donors (Lipinski definition) is 1. The molecule has 5 nitrogen and oxygen atoms in total. The van der Waals surface area contributed by atoms with Crippen molar-refractivity contribution in [3.05, 3.63) is 51.4 Å². The molecule has 0 radical (unpaired) electrons. The Morgan fingerprint density at radius 1 is 1.25 bits per heavy atom. The zero-order chi connectivity index (χ0) is 17.4. The summed E-state index contributed by atoms with van der Waals surface area (Å²) in [4.78, 5) is 22.5.